The first kappa shape index (κ1) is 17.1. The fourth-order valence-electron chi connectivity index (χ4n) is 2.27. The third-order valence-electron chi connectivity index (χ3n) is 3.31. The number of hydrogen-bond acceptors (Lipinski definition) is 9. The Morgan fingerprint density at radius 3 is 2.55 bits per heavy atom. The lowest BCUT2D eigenvalue weighted by molar-refractivity contribution is -0.237. The van der Waals surface area contributed by atoms with Crippen LogP contribution in [0.15, 0.2) is 0 Å². The highest BCUT2D eigenvalue weighted by molar-refractivity contribution is 7.87. The first-order chi connectivity index (χ1) is 10.0. The fraction of sp³-hybridized carbons (Fsp3) is 0.800. The van der Waals surface area contributed by atoms with Gasteiger partial charge in [0.1, 0.15) is 18.8 Å². The Labute approximate surface area is 124 Å². The van der Waals surface area contributed by atoms with Crippen LogP contribution in [0, 0.1) is 0 Å². The van der Waals surface area contributed by atoms with E-state index in [0.29, 0.717) is 0 Å². The SMILES string of the molecule is O=C(O)CC(C(=O)O[C@@]1(O)CO[C@@H]2[C@H](O)CO[C@@H]21)S(=O)(=O)O. The maximum absolute atomic E-state index is 11.8. The molecule has 0 aromatic rings. The molecule has 22 heavy (non-hydrogen) atoms. The largest absolute Gasteiger partial charge is 0.481 e. The highest BCUT2D eigenvalue weighted by Gasteiger charge is 2.59. The Balaban J connectivity index is 2.14. The maximum atomic E-state index is 11.8. The van der Waals surface area contributed by atoms with Gasteiger partial charge in [-0.05, 0) is 0 Å². The van der Waals surface area contributed by atoms with Crippen molar-refractivity contribution in [3.63, 3.8) is 0 Å². The molecule has 2 aliphatic heterocycles. The van der Waals surface area contributed by atoms with E-state index < -0.39 is 64.4 Å². The molecule has 0 spiro atoms. The minimum absolute atomic E-state index is 0.188. The Morgan fingerprint density at radius 1 is 1.36 bits per heavy atom. The van der Waals surface area contributed by atoms with Crippen LogP contribution in [-0.2, 0) is 33.9 Å². The molecular formula is C10H14O11S. The van der Waals surface area contributed by atoms with Gasteiger partial charge in [-0.2, -0.15) is 8.42 Å². The third-order valence-corrected chi connectivity index (χ3v) is 4.39. The van der Waals surface area contributed by atoms with Crippen LogP contribution >= 0.6 is 0 Å². The number of carbonyl (C=O) groups is 2. The average Bonchev–Trinajstić information content (AvgIpc) is 2.88. The van der Waals surface area contributed by atoms with Gasteiger partial charge in [0, 0.05) is 0 Å². The lowest BCUT2D eigenvalue weighted by atomic mass is 10.1. The van der Waals surface area contributed by atoms with E-state index in [2.05, 4.69) is 4.74 Å². The molecule has 0 aromatic carbocycles. The summed E-state index contributed by atoms with van der Waals surface area (Å²) in [7, 11) is -5.06. The molecule has 0 aliphatic carbocycles. The van der Waals surface area contributed by atoms with E-state index in [0.717, 1.165) is 0 Å². The van der Waals surface area contributed by atoms with Crippen LogP contribution in [0.1, 0.15) is 6.42 Å². The second-order valence-corrected chi connectivity index (χ2v) is 6.56. The van der Waals surface area contributed by atoms with Gasteiger partial charge in [-0.15, -0.1) is 0 Å². The van der Waals surface area contributed by atoms with Crippen molar-refractivity contribution >= 4 is 22.1 Å². The molecule has 11 nitrogen and oxygen atoms in total. The summed E-state index contributed by atoms with van der Waals surface area (Å²) in [4.78, 5) is 22.4. The van der Waals surface area contributed by atoms with E-state index in [1.807, 2.05) is 0 Å². The highest BCUT2D eigenvalue weighted by atomic mass is 32.2. The molecule has 0 radical (unpaired) electrons. The molecular weight excluding hydrogens is 328 g/mol. The van der Waals surface area contributed by atoms with E-state index >= 15 is 0 Å². The summed E-state index contributed by atoms with van der Waals surface area (Å²) in [6.45, 7) is -0.789. The van der Waals surface area contributed by atoms with E-state index in [4.69, 9.17) is 19.1 Å². The lowest BCUT2D eigenvalue weighted by Gasteiger charge is -2.27. The summed E-state index contributed by atoms with van der Waals surface area (Å²) < 4.78 is 45.7. The van der Waals surface area contributed by atoms with Gasteiger partial charge >= 0.3 is 11.9 Å². The van der Waals surface area contributed by atoms with Crippen molar-refractivity contribution in [3.8, 4) is 0 Å². The van der Waals surface area contributed by atoms with Crippen LogP contribution in [0.25, 0.3) is 0 Å². The second kappa shape index (κ2) is 5.72. The van der Waals surface area contributed by atoms with Crippen LogP contribution in [0.3, 0.4) is 0 Å². The maximum Gasteiger partial charge on any atom is 0.330 e. The quantitative estimate of drug-likeness (QED) is 0.229. The number of hydrogen-bond donors (Lipinski definition) is 4. The molecule has 2 saturated heterocycles. The summed E-state index contributed by atoms with van der Waals surface area (Å²) in [5.74, 6) is -5.72. The van der Waals surface area contributed by atoms with Crippen LogP contribution in [0.4, 0.5) is 0 Å². The van der Waals surface area contributed by atoms with Gasteiger partial charge < -0.3 is 29.5 Å². The van der Waals surface area contributed by atoms with Gasteiger partial charge in [-0.3, -0.25) is 14.1 Å². The minimum Gasteiger partial charge on any atom is -0.481 e. The number of aliphatic carboxylic acids is 1. The number of aliphatic hydroxyl groups excluding tert-OH is 1. The average molecular weight is 342 g/mol. The van der Waals surface area contributed by atoms with E-state index in [1.165, 1.54) is 0 Å². The molecule has 0 saturated carbocycles. The number of esters is 1. The Bertz CT molecular complexity index is 571. The zero-order chi connectivity index (χ0) is 16.7. The highest BCUT2D eigenvalue weighted by Crippen LogP contribution is 2.35. The summed E-state index contributed by atoms with van der Waals surface area (Å²) in [6.07, 6.45) is -4.53. The minimum atomic E-state index is -5.06. The molecule has 2 rings (SSSR count). The van der Waals surface area contributed by atoms with Gasteiger partial charge in [0.25, 0.3) is 15.9 Å². The molecule has 2 heterocycles. The van der Waals surface area contributed by atoms with E-state index in [1.54, 1.807) is 0 Å². The molecule has 1 unspecified atom stereocenters. The zero-order valence-corrected chi connectivity index (χ0v) is 11.8. The van der Waals surface area contributed by atoms with Crippen molar-refractivity contribution in [2.45, 2.75) is 35.8 Å². The smallest absolute Gasteiger partial charge is 0.330 e. The number of ether oxygens (including phenoxy) is 3. The standard InChI is InChI=1S/C10H14O11S/c11-4-2-19-8-7(4)20-3-10(8,15)21-9(14)5(1-6(12)13)22(16,17)18/h4-5,7-8,11,15H,1-3H2,(H,12,13)(H,16,17,18)/t4-,5?,7-,8+,10+/m1/s1. The molecule has 126 valence electrons. The molecule has 2 fully saturated rings. The predicted octanol–water partition coefficient (Wildman–Crippen LogP) is -2.89. The second-order valence-electron chi connectivity index (χ2n) is 4.96. The number of carboxylic acid groups (broad SMARTS) is 1. The van der Waals surface area contributed by atoms with Gasteiger partial charge in [0.05, 0.1) is 13.0 Å². The van der Waals surface area contributed by atoms with Crippen molar-refractivity contribution in [3.05, 3.63) is 0 Å². The fourth-order valence-corrected chi connectivity index (χ4v) is 2.92. The Morgan fingerprint density at radius 2 is 2.00 bits per heavy atom. The van der Waals surface area contributed by atoms with Gasteiger partial charge in [-0.25, -0.2) is 0 Å². The molecule has 12 heteroatoms. The third kappa shape index (κ3) is 3.21. The first-order valence-corrected chi connectivity index (χ1v) is 7.59. The van der Waals surface area contributed by atoms with Crippen LogP contribution < -0.4 is 0 Å². The predicted molar refractivity (Wildman–Crippen MR) is 64.1 cm³/mol. The van der Waals surface area contributed by atoms with Crippen LogP contribution in [0.2, 0.25) is 0 Å². The van der Waals surface area contributed by atoms with Crippen LogP contribution in [-0.4, -0.2) is 82.8 Å². The Hall–Kier alpha value is -1.31. The Kier molecular flexibility index (Phi) is 4.43. The summed E-state index contributed by atoms with van der Waals surface area (Å²) in [6, 6.07) is 0. The van der Waals surface area contributed by atoms with Crippen molar-refractivity contribution in [2.75, 3.05) is 13.2 Å². The molecule has 0 amide bonds. The number of fused-ring (bicyclic) bond motifs is 1. The number of aliphatic hydroxyl groups is 2. The van der Waals surface area contributed by atoms with Crippen LogP contribution in [0.5, 0.6) is 0 Å². The molecule has 0 bridgehead atoms. The van der Waals surface area contributed by atoms with Crippen molar-refractivity contribution in [2.24, 2.45) is 0 Å². The molecule has 5 atom stereocenters. The summed E-state index contributed by atoms with van der Waals surface area (Å²) in [5.41, 5.74) is 0. The van der Waals surface area contributed by atoms with Gasteiger partial charge in [0.15, 0.2) is 11.4 Å². The monoisotopic (exact) mass is 342 g/mol. The summed E-state index contributed by atoms with van der Waals surface area (Å²) in [5, 5.41) is 25.9. The van der Waals surface area contributed by atoms with Gasteiger partial charge in [-0.1, -0.05) is 0 Å². The van der Waals surface area contributed by atoms with Crippen molar-refractivity contribution < 1.29 is 52.1 Å². The van der Waals surface area contributed by atoms with Crippen molar-refractivity contribution in [1.82, 2.24) is 0 Å². The zero-order valence-electron chi connectivity index (χ0n) is 11.0. The number of carboxylic acids is 1. The summed E-state index contributed by atoms with van der Waals surface area (Å²) >= 11 is 0. The topological polar surface area (TPSA) is 177 Å². The number of rotatable bonds is 5. The normalized spacial score (nSPS) is 35.9. The number of carbonyl (C=O) groups excluding carboxylic acids is 1. The van der Waals surface area contributed by atoms with Crippen molar-refractivity contribution in [1.29, 1.82) is 0 Å². The molecule has 0 aromatic heterocycles. The lowest BCUT2D eigenvalue weighted by Crippen LogP contribution is -2.50. The molecule has 2 aliphatic rings. The van der Waals surface area contributed by atoms with E-state index in [9.17, 15) is 28.2 Å². The molecule has 4 N–H and O–H groups in total. The first-order valence-electron chi connectivity index (χ1n) is 6.09. The van der Waals surface area contributed by atoms with E-state index in [-0.39, 0.29) is 6.61 Å². The van der Waals surface area contributed by atoms with Gasteiger partial charge in [0.2, 0.25) is 0 Å².